The van der Waals surface area contributed by atoms with Gasteiger partial charge in [0.05, 0.1) is 40.5 Å². The highest BCUT2D eigenvalue weighted by molar-refractivity contribution is 7.91. The molecule has 6 amide bonds. The molecular weight excluding hydrogens is 1280 g/mol. The molecular formula is C80H64N6O13S. The molecule has 20 heteroatoms. The summed E-state index contributed by atoms with van der Waals surface area (Å²) in [6.45, 7) is 1.12. The Bertz CT molecular complexity index is 5290. The second-order valence-electron chi connectivity index (χ2n) is 23.3. The van der Waals surface area contributed by atoms with E-state index in [0.717, 1.165) is 5.39 Å². The fourth-order valence-electron chi connectivity index (χ4n) is 11.6. The number of carbonyl (C=O) groups is 7. The Balaban J connectivity index is 0.771. The van der Waals surface area contributed by atoms with Crippen LogP contribution in [0, 0.1) is 0 Å². The number of fused-ring (bicyclic) bond motifs is 3. The highest BCUT2D eigenvalue weighted by atomic mass is 32.2. The number of ether oxygens (including phenoxy) is 3. The summed E-state index contributed by atoms with van der Waals surface area (Å²) in [5.41, 5.74) is 3.41. The molecule has 0 fully saturated rings. The van der Waals surface area contributed by atoms with Crippen LogP contribution in [-0.4, -0.2) is 80.7 Å². The monoisotopic (exact) mass is 1350 g/mol. The molecule has 0 spiro atoms. The Kier molecular flexibility index (Phi) is 20.1. The molecule has 12 aromatic carbocycles. The predicted molar refractivity (Wildman–Crippen MR) is 384 cm³/mol. The lowest BCUT2D eigenvalue weighted by Gasteiger charge is -2.21. The molecule has 100 heavy (non-hydrogen) atoms. The van der Waals surface area contributed by atoms with Gasteiger partial charge in [0.2, 0.25) is 27.6 Å². The van der Waals surface area contributed by atoms with Crippen LogP contribution >= 0.6 is 0 Å². The molecule has 12 aromatic rings. The molecule has 0 saturated heterocycles. The number of aliphatic carboxylic acids is 1. The van der Waals surface area contributed by atoms with Gasteiger partial charge in [-0.1, -0.05) is 158 Å². The van der Waals surface area contributed by atoms with Gasteiger partial charge < -0.3 is 51.2 Å². The molecule has 0 aliphatic carbocycles. The van der Waals surface area contributed by atoms with Crippen LogP contribution in [0.2, 0.25) is 0 Å². The van der Waals surface area contributed by atoms with E-state index >= 15 is 0 Å². The summed E-state index contributed by atoms with van der Waals surface area (Å²) >= 11 is 0. The Hall–Kier alpha value is -12.9. The van der Waals surface area contributed by atoms with Gasteiger partial charge in [-0.25, -0.2) is 8.42 Å². The minimum absolute atomic E-state index is 0.0192. The van der Waals surface area contributed by atoms with Crippen LogP contribution in [0.5, 0.6) is 28.7 Å². The van der Waals surface area contributed by atoms with Crippen LogP contribution in [0.15, 0.2) is 271 Å². The number of benzene rings is 12. The van der Waals surface area contributed by atoms with Crippen molar-refractivity contribution in [2.45, 2.75) is 41.6 Å². The zero-order valence-corrected chi connectivity index (χ0v) is 54.7. The van der Waals surface area contributed by atoms with Crippen LogP contribution in [0.4, 0.5) is 17.1 Å². The first-order chi connectivity index (χ1) is 48.5. The van der Waals surface area contributed by atoms with E-state index in [9.17, 15) is 47.1 Å². The van der Waals surface area contributed by atoms with Gasteiger partial charge in [0.1, 0.15) is 29.3 Å². The number of carbonyl (C=O) groups excluding carboxylic acids is 6. The topological polar surface area (TPSA) is 274 Å². The fourth-order valence-corrected chi connectivity index (χ4v) is 13.0. The Morgan fingerprint density at radius 3 is 1.82 bits per heavy atom. The summed E-state index contributed by atoms with van der Waals surface area (Å²) in [6, 6.07) is 71.0. The number of anilines is 3. The van der Waals surface area contributed by atoms with Gasteiger partial charge in [-0.3, -0.25) is 33.6 Å². The quantitative estimate of drug-likeness (QED) is 0.0297. The van der Waals surface area contributed by atoms with E-state index in [1.807, 2.05) is 42.5 Å². The molecule has 19 nitrogen and oxygen atoms in total. The van der Waals surface area contributed by atoms with Gasteiger partial charge >= 0.3 is 5.97 Å². The molecule has 12 rings (SSSR count). The van der Waals surface area contributed by atoms with Crippen molar-refractivity contribution in [3.63, 3.8) is 0 Å². The Labute approximate surface area is 574 Å². The molecule has 0 heterocycles. The molecule has 7 N–H and O–H groups in total. The molecule has 0 saturated carbocycles. The number of carboxylic acid groups (broad SMARTS) is 1. The third-order valence-corrected chi connectivity index (χ3v) is 18.4. The lowest BCUT2D eigenvalue weighted by molar-refractivity contribution is -0.137. The van der Waals surface area contributed by atoms with Crippen molar-refractivity contribution in [1.82, 2.24) is 16.0 Å². The standard InChI is InChI=1S/C80H64N6O13S/c1-49(76(90)84-67-33-12-14-35-71(67)99-57-26-18-25-56(47-57)97-2)82-78(92)65-39-38-61(62-30-10-11-31-63(62)65)53-37-40-68(72(46-53)98-55-23-4-3-5-24-55)85-80(94)70(41-42-75(88)89)86-79(93)66-45-54(43-52-20-7-9-29-60(52)66)51-22-16-27-58(44-51)100(95,96)73-36-15-13-34-69(73)83-74(87)48-81-77(91)64-32-17-21-50-19-6-8-28-59(50)64/h3-40,43-47,49,70H,41-42,48H2,1-2H3,(H,81,91)(H,82,92)(H,83,87)(H,84,90)(H,85,94)(H,86,93)(H,88,89). The Morgan fingerprint density at radius 1 is 0.440 bits per heavy atom. The molecule has 0 bridgehead atoms. The largest absolute Gasteiger partial charge is 0.497 e. The lowest BCUT2D eigenvalue weighted by Crippen LogP contribution is -2.44. The van der Waals surface area contributed by atoms with E-state index in [1.54, 1.807) is 202 Å². The van der Waals surface area contributed by atoms with Crippen LogP contribution < -0.4 is 46.1 Å². The van der Waals surface area contributed by atoms with Crippen molar-refractivity contribution in [3.8, 4) is 51.0 Å². The third-order valence-electron chi connectivity index (χ3n) is 16.6. The van der Waals surface area contributed by atoms with Gasteiger partial charge in [0, 0.05) is 29.2 Å². The SMILES string of the molecule is COc1cccc(Oc2ccccc2NC(=O)C(C)NC(=O)c2ccc(-c3ccc(NC(=O)C(CCC(=O)O)NC(=O)c4cc(-c5cccc(S(=O)(=O)c6ccccc6NC(=O)CNC(=O)c6cccc7ccccc67)c5)cc5ccccc45)c(Oc4ccccc4)c3)c3ccccc23)c1. The van der Waals surface area contributed by atoms with Crippen molar-refractivity contribution >= 4 is 101 Å². The van der Waals surface area contributed by atoms with Gasteiger partial charge in [-0.15, -0.1) is 0 Å². The zero-order valence-electron chi connectivity index (χ0n) is 53.9. The average molecular weight is 1350 g/mol. The second kappa shape index (κ2) is 30.0. The maximum absolute atomic E-state index is 14.8. The zero-order chi connectivity index (χ0) is 69.9. The lowest BCUT2D eigenvalue weighted by atomic mass is 9.94. The predicted octanol–water partition coefficient (Wildman–Crippen LogP) is 14.6. The number of hydrogen-bond donors (Lipinski definition) is 7. The molecule has 2 atom stereocenters. The van der Waals surface area contributed by atoms with Gasteiger partial charge in [0.15, 0.2) is 11.5 Å². The van der Waals surface area contributed by atoms with E-state index in [2.05, 4.69) is 31.9 Å². The highest BCUT2D eigenvalue weighted by Gasteiger charge is 2.28. The number of methoxy groups -OCH3 is 1. The number of hydrogen-bond acceptors (Lipinski definition) is 12. The van der Waals surface area contributed by atoms with Crippen molar-refractivity contribution in [1.29, 1.82) is 0 Å². The fraction of sp³-hybridized carbons (Fsp3) is 0.0875. The third kappa shape index (κ3) is 15.3. The first kappa shape index (κ1) is 67.1. The first-order valence-electron chi connectivity index (χ1n) is 31.8. The van der Waals surface area contributed by atoms with Crippen LogP contribution in [0.25, 0.3) is 54.6 Å². The van der Waals surface area contributed by atoms with Crippen LogP contribution in [0.3, 0.4) is 0 Å². The smallest absolute Gasteiger partial charge is 0.303 e. The van der Waals surface area contributed by atoms with Crippen molar-refractivity contribution in [2.75, 3.05) is 29.6 Å². The number of nitrogens with one attached hydrogen (secondary N) is 6. The van der Waals surface area contributed by atoms with E-state index in [-0.39, 0.29) is 38.9 Å². The minimum atomic E-state index is -4.36. The molecule has 0 radical (unpaired) electrons. The summed E-state index contributed by atoms with van der Waals surface area (Å²) in [4.78, 5) is 95.9. The Morgan fingerprint density at radius 2 is 1.04 bits per heavy atom. The second-order valence-corrected chi connectivity index (χ2v) is 25.2. The van der Waals surface area contributed by atoms with Crippen molar-refractivity contribution in [2.24, 2.45) is 0 Å². The number of sulfone groups is 1. The number of amides is 6. The van der Waals surface area contributed by atoms with E-state index in [1.165, 1.54) is 30.3 Å². The normalized spacial score (nSPS) is 11.7. The van der Waals surface area contributed by atoms with E-state index in [0.29, 0.717) is 89.0 Å². The van der Waals surface area contributed by atoms with Crippen LogP contribution in [-0.2, 0) is 29.0 Å². The van der Waals surface area contributed by atoms with Gasteiger partial charge in [-0.2, -0.15) is 0 Å². The molecule has 0 aromatic heterocycles. The van der Waals surface area contributed by atoms with Crippen molar-refractivity contribution < 1.29 is 61.3 Å². The first-order valence-corrected chi connectivity index (χ1v) is 33.2. The molecule has 498 valence electrons. The summed E-state index contributed by atoms with van der Waals surface area (Å²) < 4.78 is 47.1. The molecule has 0 aliphatic rings. The van der Waals surface area contributed by atoms with E-state index < -0.39 is 76.3 Å². The maximum Gasteiger partial charge on any atom is 0.303 e. The minimum Gasteiger partial charge on any atom is -0.497 e. The van der Waals surface area contributed by atoms with Crippen LogP contribution in [0.1, 0.15) is 50.8 Å². The summed E-state index contributed by atoms with van der Waals surface area (Å²) in [7, 11) is -2.81. The average Bonchev–Trinajstić information content (AvgIpc) is 0.779. The molecule has 0 aliphatic heterocycles. The van der Waals surface area contributed by atoms with Gasteiger partial charge in [-0.05, 0) is 165 Å². The summed E-state index contributed by atoms with van der Waals surface area (Å²) in [5, 5.41) is 30.5. The number of rotatable bonds is 24. The molecule has 2 unspecified atom stereocenters. The maximum atomic E-state index is 14.8. The van der Waals surface area contributed by atoms with E-state index in [4.69, 9.17) is 14.2 Å². The van der Waals surface area contributed by atoms with Gasteiger partial charge in [0.25, 0.3) is 17.7 Å². The summed E-state index contributed by atoms with van der Waals surface area (Å²) in [5.74, 6) is -2.83. The number of carboxylic acids is 1. The van der Waals surface area contributed by atoms with Crippen molar-refractivity contribution in [3.05, 3.63) is 278 Å². The summed E-state index contributed by atoms with van der Waals surface area (Å²) in [6.07, 6.45) is -0.840. The highest BCUT2D eigenvalue weighted by Crippen LogP contribution is 2.40. The number of para-hydroxylation sites is 4.